The fourth-order valence-electron chi connectivity index (χ4n) is 3.33. The van der Waals surface area contributed by atoms with Gasteiger partial charge in [-0.2, -0.15) is 0 Å². The molecule has 0 aliphatic carbocycles. The van der Waals surface area contributed by atoms with Crippen LogP contribution in [-0.2, 0) is 16.0 Å². The van der Waals surface area contributed by atoms with E-state index in [-0.39, 0.29) is 24.2 Å². The van der Waals surface area contributed by atoms with Gasteiger partial charge in [0.05, 0.1) is 12.5 Å². The van der Waals surface area contributed by atoms with Crippen molar-refractivity contribution in [1.29, 1.82) is 0 Å². The van der Waals surface area contributed by atoms with Crippen LogP contribution in [0.1, 0.15) is 12.5 Å². The molecule has 1 saturated heterocycles. The highest BCUT2D eigenvalue weighted by molar-refractivity contribution is 5.77. The van der Waals surface area contributed by atoms with Gasteiger partial charge in [0.1, 0.15) is 11.5 Å². The summed E-state index contributed by atoms with van der Waals surface area (Å²) >= 11 is 0. The van der Waals surface area contributed by atoms with Crippen LogP contribution >= 0.6 is 0 Å². The second-order valence-corrected chi connectivity index (χ2v) is 6.58. The van der Waals surface area contributed by atoms with E-state index in [9.17, 15) is 14.7 Å². The van der Waals surface area contributed by atoms with Gasteiger partial charge in [-0.3, -0.25) is 4.79 Å². The monoisotopic (exact) mass is 369 g/mol. The number of phenolic OH excluding ortho intramolecular Hbond substituents is 1. The number of rotatable bonds is 5. The van der Waals surface area contributed by atoms with Crippen molar-refractivity contribution in [3.05, 3.63) is 60.2 Å². The first kappa shape index (κ1) is 18.8. The summed E-state index contributed by atoms with van der Waals surface area (Å²) in [6, 6.07) is 15.7. The minimum atomic E-state index is -0.469. The van der Waals surface area contributed by atoms with Gasteiger partial charge in [-0.1, -0.05) is 30.3 Å². The first-order chi connectivity index (χ1) is 13.1. The predicted octanol–water partition coefficient (Wildman–Crippen LogP) is 3.24. The van der Waals surface area contributed by atoms with Crippen LogP contribution in [0.25, 0.3) is 0 Å². The molecule has 27 heavy (non-hydrogen) atoms. The van der Waals surface area contributed by atoms with Gasteiger partial charge in [-0.15, -0.1) is 0 Å². The molecule has 0 unspecified atom stereocenters. The zero-order valence-electron chi connectivity index (χ0n) is 15.2. The fourth-order valence-corrected chi connectivity index (χ4v) is 3.33. The summed E-state index contributed by atoms with van der Waals surface area (Å²) in [6.07, 6.45) is 0.141. The van der Waals surface area contributed by atoms with Crippen molar-refractivity contribution >= 4 is 12.1 Å². The first-order valence-corrected chi connectivity index (χ1v) is 9.03. The number of para-hydroxylation sites is 1. The Morgan fingerprint density at radius 2 is 1.78 bits per heavy atom. The molecule has 1 fully saturated rings. The molecule has 6 nitrogen and oxygen atoms in total. The van der Waals surface area contributed by atoms with Crippen molar-refractivity contribution in [2.75, 3.05) is 19.7 Å². The number of amides is 1. The summed E-state index contributed by atoms with van der Waals surface area (Å²) < 4.78 is 10.6. The molecular weight excluding hydrogens is 346 g/mol. The first-order valence-electron chi connectivity index (χ1n) is 9.03. The molecule has 2 aromatic rings. The highest BCUT2D eigenvalue weighted by Crippen LogP contribution is 2.29. The van der Waals surface area contributed by atoms with E-state index in [1.807, 2.05) is 18.2 Å². The second-order valence-electron chi connectivity index (χ2n) is 6.58. The molecule has 1 aliphatic rings. The van der Waals surface area contributed by atoms with Crippen molar-refractivity contribution in [2.45, 2.75) is 13.3 Å². The number of carbonyl (C=O) groups is 2. The lowest BCUT2D eigenvalue weighted by molar-refractivity contribution is -0.148. The van der Waals surface area contributed by atoms with Crippen molar-refractivity contribution in [3.63, 3.8) is 0 Å². The molecule has 2 atom stereocenters. The summed E-state index contributed by atoms with van der Waals surface area (Å²) in [4.78, 5) is 26.4. The summed E-state index contributed by atoms with van der Waals surface area (Å²) in [5.41, 5.74) is 0.991. The Morgan fingerprint density at radius 3 is 2.44 bits per heavy atom. The summed E-state index contributed by atoms with van der Waals surface area (Å²) in [6.45, 7) is 2.75. The molecule has 0 aromatic heterocycles. The highest BCUT2D eigenvalue weighted by atomic mass is 16.6. The third kappa shape index (κ3) is 4.78. The third-order valence-corrected chi connectivity index (χ3v) is 4.67. The molecule has 1 amide bonds. The zero-order valence-corrected chi connectivity index (χ0v) is 15.2. The van der Waals surface area contributed by atoms with Crippen LogP contribution in [0.15, 0.2) is 54.6 Å². The number of ether oxygens (including phenoxy) is 2. The number of phenols is 1. The van der Waals surface area contributed by atoms with Gasteiger partial charge >= 0.3 is 12.1 Å². The molecular formula is C21H23NO5. The molecule has 0 saturated carbocycles. The summed E-state index contributed by atoms with van der Waals surface area (Å²) in [7, 11) is 0. The standard InChI is InChI=1S/C21H23NO5/c1-2-26-20(24)19-14-22(21(25)27-18-6-4-3-5-7-18)13-16(19)12-15-8-10-17(23)11-9-15/h3-11,16,19,23H,2,12-14H2,1H3/t16-,19+/m1/s1. The predicted molar refractivity (Wildman–Crippen MR) is 99.5 cm³/mol. The number of nitrogens with zero attached hydrogens (tertiary/aromatic N) is 1. The molecule has 1 N–H and O–H groups in total. The second kappa shape index (κ2) is 8.58. The quantitative estimate of drug-likeness (QED) is 0.819. The maximum Gasteiger partial charge on any atom is 0.415 e. The Kier molecular flexibility index (Phi) is 5.96. The van der Waals surface area contributed by atoms with E-state index in [1.54, 1.807) is 48.2 Å². The zero-order chi connectivity index (χ0) is 19.2. The minimum absolute atomic E-state index is 0.0723. The van der Waals surface area contributed by atoms with Gasteiger partial charge in [-0.25, -0.2) is 4.79 Å². The number of hydrogen-bond donors (Lipinski definition) is 1. The number of carbonyl (C=O) groups excluding carboxylic acids is 2. The van der Waals surface area contributed by atoms with Gasteiger partial charge in [0.2, 0.25) is 0 Å². The number of hydrogen-bond acceptors (Lipinski definition) is 5. The van der Waals surface area contributed by atoms with Crippen LogP contribution in [-0.4, -0.2) is 41.8 Å². The van der Waals surface area contributed by atoms with Crippen molar-refractivity contribution in [3.8, 4) is 11.5 Å². The normalized spacial score (nSPS) is 18.9. The molecule has 1 aliphatic heterocycles. The van der Waals surface area contributed by atoms with Gasteiger partial charge in [0, 0.05) is 13.1 Å². The molecule has 0 bridgehead atoms. The topological polar surface area (TPSA) is 76.1 Å². The Balaban J connectivity index is 1.71. The molecule has 6 heteroatoms. The van der Waals surface area contributed by atoms with Crippen LogP contribution in [0.5, 0.6) is 11.5 Å². The Bertz CT molecular complexity index is 775. The summed E-state index contributed by atoms with van der Waals surface area (Å²) in [5, 5.41) is 9.44. The number of likely N-dealkylation sites (tertiary alicyclic amines) is 1. The van der Waals surface area contributed by atoms with Gasteiger partial charge in [0.15, 0.2) is 0 Å². The van der Waals surface area contributed by atoms with E-state index in [4.69, 9.17) is 9.47 Å². The summed E-state index contributed by atoms with van der Waals surface area (Å²) in [5.74, 6) is -0.104. The van der Waals surface area contributed by atoms with Crippen LogP contribution < -0.4 is 4.74 Å². The average molecular weight is 369 g/mol. The average Bonchev–Trinajstić information content (AvgIpc) is 3.09. The Morgan fingerprint density at radius 1 is 1.07 bits per heavy atom. The SMILES string of the molecule is CCOC(=O)[C@H]1CN(C(=O)Oc2ccccc2)C[C@H]1Cc1ccc(O)cc1. The van der Waals surface area contributed by atoms with Gasteiger partial charge < -0.3 is 19.5 Å². The lowest BCUT2D eigenvalue weighted by atomic mass is 9.90. The molecule has 0 radical (unpaired) electrons. The van der Waals surface area contributed by atoms with E-state index in [0.29, 0.717) is 25.3 Å². The minimum Gasteiger partial charge on any atom is -0.508 e. The third-order valence-electron chi connectivity index (χ3n) is 4.67. The van der Waals surface area contributed by atoms with E-state index in [2.05, 4.69) is 0 Å². The van der Waals surface area contributed by atoms with E-state index in [0.717, 1.165) is 5.56 Å². The van der Waals surface area contributed by atoms with E-state index < -0.39 is 12.0 Å². The van der Waals surface area contributed by atoms with Crippen molar-refractivity contribution < 1.29 is 24.2 Å². The largest absolute Gasteiger partial charge is 0.508 e. The van der Waals surface area contributed by atoms with Gasteiger partial charge in [-0.05, 0) is 49.1 Å². The maximum absolute atomic E-state index is 12.5. The highest BCUT2D eigenvalue weighted by Gasteiger charge is 2.41. The lowest BCUT2D eigenvalue weighted by Gasteiger charge is -2.16. The maximum atomic E-state index is 12.5. The molecule has 2 aromatic carbocycles. The lowest BCUT2D eigenvalue weighted by Crippen LogP contribution is -2.32. The van der Waals surface area contributed by atoms with Crippen LogP contribution in [0.3, 0.4) is 0 Å². The number of aromatic hydroxyl groups is 1. The van der Waals surface area contributed by atoms with Crippen LogP contribution in [0.4, 0.5) is 4.79 Å². The van der Waals surface area contributed by atoms with Gasteiger partial charge in [0.25, 0.3) is 0 Å². The number of esters is 1. The molecule has 1 heterocycles. The van der Waals surface area contributed by atoms with Crippen LogP contribution in [0.2, 0.25) is 0 Å². The molecule has 0 spiro atoms. The number of benzene rings is 2. The van der Waals surface area contributed by atoms with Crippen molar-refractivity contribution in [2.24, 2.45) is 11.8 Å². The fraction of sp³-hybridized carbons (Fsp3) is 0.333. The van der Waals surface area contributed by atoms with Crippen molar-refractivity contribution in [1.82, 2.24) is 4.90 Å². The smallest absolute Gasteiger partial charge is 0.415 e. The molecule has 3 rings (SSSR count). The Labute approximate surface area is 158 Å². The van der Waals surface area contributed by atoms with E-state index in [1.165, 1.54) is 0 Å². The van der Waals surface area contributed by atoms with E-state index >= 15 is 0 Å². The molecule has 142 valence electrons. The van der Waals surface area contributed by atoms with Crippen LogP contribution in [0, 0.1) is 11.8 Å². The Hall–Kier alpha value is -3.02.